The van der Waals surface area contributed by atoms with Crippen molar-refractivity contribution in [3.8, 4) is 5.75 Å². The van der Waals surface area contributed by atoms with E-state index >= 15 is 0 Å². The second-order valence-electron chi connectivity index (χ2n) is 6.18. The van der Waals surface area contributed by atoms with Gasteiger partial charge < -0.3 is 10.6 Å². The molecule has 0 aromatic heterocycles. The van der Waals surface area contributed by atoms with Crippen LogP contribution in [0.25, 0.3) is 0 Å². The van der Waals surface area contributed by atoms with E-state index in [2.05, 4.69) is 9.82 Å². The van der Waals surface area contributed by atoms with Crippen molar-refractivity contribution in [2.75, 3.05) is 11.3 Å². The normalized spacial score (nSPS) is 11.5. The zero-order valence-corrected chi connectivity index (χ0v) is 17.0. The van der Waals surface area contributed by atoms with Crippen LogP contribution in [0, 0.1) is 0 Å². The Kier molecular flexibility index (Phi) is 6.74. The number of nitrogens with zero attached hydrogens (tertiary/aromatic N) is 1. The average molecular weight is 430 g/mol. The van der Waals surface area contributed by atoms with Gasteiger partial charge in [0, 0.05) is 12.5 Å². The maximum atomic E-state index is 12.6. The van der Waals surface area contributed by atoms with Gasteiger partial charge in [-0.3, -0.25) is 4.72 Å². The van der Waals surface area contributed by atoms with Crippen LogP contribution >= 0.6 is 11.6 Å². The van der Waals surface area contributed by atoms with Gasteiger partial charge in [-0.2, -0.15) is 5.10 Å². The molecule has 0 unspecified atom stereocenters. The third kappa shape index (κ3) is 5.73. The SMILES string of the molecule is NN=Cc1ccc(CCOc2cccc(NS(=O)(=O)c3ccccc3Cl)c2)cc1. The molecule has 29 heavy (non-hydrogen) atoms. The van der Waals surface area contributed by atoms with Crippen LogP contribution in [0.1, 0.15) is 11.1 Å². The molecule has 0 aliphatic rings. The molecule has 150 valence electrons. The Morgan fingerprint density at radius 2 is 1.79 bits per heavy atom. The van der Waals surface area contributed by atoms with Crippen LogP contribution in [0.3, 0.4) is 0 Å². The molecule has 0 saturated carbocycles. The van der Waals surface area contributed by atoms with Crippen molar-refractivity contribution >= 4 is 33.5 Å². The molecule has 0 heterocycles. The Morgan fingerprint density at radius 1 is 1.03 bits per heavy atom. The Hall–Kier alpha value is -3.03. The van der Waals surface area contributed by atoms with E-state index in [9.17, 15) is 8.42 Å². The van der Waals surface area contributed by atoms with Gasteiger partial charge in [-0.1, -0.05) is 54.1 Å². The molecule has 0 amide bonds. The number of hydrogen-bond donors (Lipinski definition) is 2. The summed E-state index contributed by atoms with van der Waals surface area (Å²) in [6, 6.07) is 20.9. The van der Waals surface area contributed by atoms with Gasteiger partial charge in [0.1, 0.15) is 10.6 Å². The van der Waals surface area contributed by atoms with Crippen molar-refractivity contribution in [1.29, 1.82) is 0 Å². The van der Waals surface area contributed by atoms with Crippen LogP contribution in [0.5, 0.6) is 5.75 Å². The Balaban J connectivity index is 1.61. The molecule has 0 aliphatic heterocycles. The lowest BCUT2D eigenvalue weighted by Gasteiger charge is -2.11. The number of halogens is 1. The minimum atomic E-state index is -3.79. The zero-order valence-electron chi connectivity index (χ0n) is 15.5. The fraction of sp³-hybridized carbons (Fsp3) is 0.0952. The predicted octanol–water partition coefficient (Wildman–Crippen LogP) is 4.05. The molecule has 3 aromatic rings. The number of sulfonamides is 1. The van der Waals surface area contributed by atoms with Crippen LogP contribution in [-0.2, 0) is 16.4 Å². The molecular weight excluding hydrogens is 410 g/mol. The second-order valence-corrected chi connectivity index (χ2v) is 8.24. The van der Waals surface area contributed by atoms with E-state index < -0.39 is 10.0 Å². The minimum Gasteiger partial charge on any atom is -0.493 e. The van der Waals surface area contributed by atoms with Gasteiger partial charge in [0.2, 0.25) is 0 Å². The number of hydrogen-bond acceptors (Lipinski definition) is 5. The highest BCUT2D eigenvalue weighted by Crippen LogP contribution is 2.25. The summed E-state index contributed by atoms with van der Waals surface area (Å²) in [5.41, 5.74) is 2.43. The first-order chi connectivity index (χ1) is 14.0. The maximum absolute atomic E-state index is 12.6. The largest absolute Gasteiger partial charge is 0.493 e. The summed E-state index contributed by atoms with van der Waals surface area (Å²) in [7, 11) is -3.79. The summed E-state index contributed by atoms with van der Waals surface area (Å²) < 4.78 is 33.4. The standard InChI is InChI=1S/C21H20ClN3O3S/c22-20-6-1-2-7-21(20)29(26,27)25-18-4-3-5-19(14-18)28-13-12-16-8-10-17(11-9-16)15-24-23/h1-11,14-15,25H,12-13,23H2. The smallest absolute Gasteiger partial charge is 0.263 e. The van der Waals surface area contributed by atoms with Crippen LogP contribution in [0.4, 0.5) is 5.69 Å². The predicted molar refractivity (Wildman–Crippen MR) is 116 cm³/mol. The van der Waals surface area contributed by atoms with E-state index in [1.165, 1.54) is 12.1 Å². The number of anilines is 1. The first kappa shape index (κ1) is 20.7. The number of hydrazone groups is 1. The van der Waals surface area contributed by atoms with Crippen LogP contribution in [0.2, 0.25) is 5.02 Å². The van der Waals surface area contributed by atoms with E-state index in [1.807, 2.05) is 24.3 Å². The van der Waals surface area contributed by atoms with Crippen molar-refractivity contribution in [3.05, 3.63) is 88.9 Å². The Bertz CT molecular complexity index is 1100. The van der Waals surface area contributed by atoms with Crippen molar-refractivity contribution in [1.82, 2.24) is 0 Å². The summed E-state index contributed by atoms with van der Waals surface area (Å²) in [4.78, 5) is 0.0242. The highest BCUT2D eigenvalue weighted by atomic mass is 35.5. The molecule has 0 spiro atoms. The Morgan fingerprint density at radius 3 is 2.52 bits per heavy atom. The highest BCUT2D eigenvalue weighted by Gasteiger charge is 2.17. The first-order valence-electron chi connectivity index (χ1n) is 8.80. The third-order valence-electron chi connectivity index (χ3n) is 4.08. The van der Waals surface area contributed by atoms with Gasteiger partial charge >= 0.3 is 0 Å². The van der Waals surface area contributed by atoms with Gasteiger partial charge in [-0.15, -0.1) is 0 Å². The first-order valence-corrected chi connectivity index (χ1v) is 10.7. The molecule has 0 aliphatic carbocycles. The average Bonchev–Trinajstić information content (AvgIpc) is 2.70. The van der Waals surface area contributed by atoms with Crippen molar-refractivity contribution in [2.24, 2.45) is 10.9 Å². The lowest BCUT2D eigenvalue weighted by atomic mass is 10.1. The fourth-order valence-corrected chi connectivity index (χ4v) is 4.24. The summed E-state index contributed by atoms with van der Waals surface area (Å²) in [6.45, 7) is 0.449. The van der Waals surface area contributed by atoms with Gasteiger partial charge in [0.25, 0.3) is 10.0 Å². The highest BCUT2D eigenvalue weighted by molar-refractivity contribution is 7.92. The van der Waals surface area contributed by atoms with E-state index in [1.54, 1.807) is 42.6 Å². The topological polar surface area (TPSA) is 93.8 Å². The van der Waals surface area contributed by atoms with Gasteiger partial charge in [-0.05, 0) is 35.4 Å². The molecule has 8 heteroatoms. The maximum Gasteiger partial charge on any atom is 0.263 e. The van der Waals surface area contributed by atoms with Crippen LogP contribution in [0.15, 0.2) is 82.8 Å². The zero-order chi connectivity index (χ0) is 20.7. The fourth-order valence-electron chi connectivity index (χ4n) is 2.67. The van der Waals surface area contributed by atoms with Gasteiger partial charge in [0.15, 0.2) is 0 Å². The third-order valence-corrected chi connectivity index (χ3v) is 5.96. The number of rotatable bonds is 8. The summed E-state index contributed by atoms with van der Waals surface area (Å²) in [5, 5.41) is 3.65. The molecule has 3 rings (SSSR count). The molecule has 0 bridgehead atoms. The van der Waals surface area contributed by atoms with E-state index in [0.29, 0.717) is 24.5 Å². The number of nitrogens with one attached hydrogen (secondary N) is 1. The molecule has 0 radical (unpaired) electrons. The summed E-state index contributed by atoms with van der Waals surface area (Å²) in [6.07, 6.45) is 2.28. The van der Waals surface area contributed by atoms with Crippen molar-refractivity contribution in [2.45, 2.75) is 11.3 Å². The molecule has 3 aromatic carbocycles. The number of nitrogens with two attached hydrogens (primary N) is 1. The van der Waals surface area contributed by atoms with Gasteiger partial charge in [-0.25, -0.2) is 8.42 Å². The Labute approximate surface area is 175 Å². The monoisotopic (exact) mass is 429 g/mol. The number of benzene rings is 3. The van der Waals surface area contributed by atoms with E-state index in [-0.39, 0.29) is 9.92 Å². The van der Waals surface area contributed by atoms with Gasteiger partial charge in [0.05, 0.1) is 23.5 Å². The second kappa shape index (κ2) is 9.45. The molecule has 6 nitrogen and oxygen atoms in total. The lowest BCUT2D eigenvalue weighted by molar-refractivity contribution is 0.322. The molecule has 0 atom stereocenters. The number of ether oxygens (including phenoxy) is 1. The van der Waals surface area contributed by atoms with Crippen LogP contribution < -0.4 is 15.3 Å². The minimum absolute atomic E-state index is 0.0242. The van der Waals surface area contributed by atoms with E-state index in [0.717, 1.165) is 11.1 Å². The lowest BCUT2D eigenvalue weighted by Crippen LogP contribution is -2.13. The molecular formula is C21H20ClN3O3S. The van der Waals surface area contributed by atoms with Crippen LogP contribution in [-0.4, -0.2) is 21.2 Å². The van der Waals surface area contributed by atoms with E-state index in [4.69, 9.17) is 22.2 Å². The summed E-state index contributed by atoms with van der Waals surface area (Å²) in [5.74, 6) is 5.70. The molecule has 0 fully saturated rings. The molecule has 3 N–H and O–H groups in total. The molecule has 0 saturated heterocycles. The summed E-state index contributed by atoms with van der Waals surface area (Å²) >= 11 is 6.00. The van der Waals surface area contributed by atoms with Crippen molar-refractivity contribution in [3.63, 3.8) is 0 Å². The quantitative estimate of drug-likeness (QED) is 0.321. The van der Waals surface area contributed by atoms with Crippen molar-refractivity contribution < 1.29 is 13.2 Å².